The summed E-state index contributed by atoms with van der Waals surface area (Å²) in [6.45, 7) is 0.164. The van der Waals surface area contributed by atoms with Crippen molar-refractivity contribution in [1.82, 2.24) is 9.97 Å². The quantitative estimate of drug-likeness (QED) is 0.432. The highest BCUT2D eigenvalue weighted by atomic mass is 127. The van der Waals surface area contributed by atoms with E-state index in [4.69, 9.17) is 16.7 Å². The zero-order chi connectivity index (χ0) is 17.7. The molecule has 0 atom stereocenters. The molecule has 3 N–H and O–H groups in total. The lowest BCUT2D eigenvalue weighted by Crippen LogP contribution is -2.14. The molecule has 2 rings (SSSR count). The molecule has 1 heterocycles. The van der Waals surface area contributed by atoms with Crippen LogP contribution in [0.4, 0.5) is 30.6 Å². The van der Waals surface area contributed by atoms with Crippen LogP contribution < -0.4 is 10.6 Å². The molecule has 0 aliphatic rings. The van der Waals surface area contributed by atoms with Crippen molar-refractivity contribution >= 4 is 51.6 Å². The largest absolute Gasteiger partial charge is 0.433 e. The van der Waals surface area contributed by atoms with Crippen molar-refractivity contribution in [3.8, 4) is 0 Å². The second-order valence-electron chi connectivity index (χ2n) is 4.71. The Morgan fingerprint density at radius 1 is 1.21 bits per heavy atom. The first-order chi connectivity index (χ1) is 11.3. The molecule has 24 heavy (non-hydrogen) atoms. The maximum absolute atomic E-state index is 13.0. The predicted octanol–water partition coefficient (Wildman–Crippen LogP) is 4.29. The molecule has 10 heteroatoms. The molecule has 0 radical (unpaired) electrons. The first-order valence-electron chi connectivity index (χ1n) is 6.82. The summed E-state index contributed by atoms with van der Waals surface area (Å²) in [5.74, 6) is -0.214. The number of alkyl halides is 3. The van der Waals surface area contributed by atoms with Crippen LogP contribution in [-0.2, 0) is 6.18 Å². The lowest BCUT2D eigenvalue weighted by molar-refractivity contribution is -0.141. The summed E-state index contributed by atoms with van der Waals surface area (Å²) in [6, 6.07) is 5.90. The van der Waals surface area contributed by atoms with Crippen LogP contribution in [0.3, 0.4) is 0 Å². The van der Waals surface area contributed by atoms with E-state index < -0.39 is 11.9 Å². The molecule has 5 nitrogen and oxygen atoms in total. The van der Waals surface area contributed by atoms with E-state index in [1.807, 2.05) is 0 Å². The maximum atomic E-state index is 13.0. The van der Waals surface area contributed by atoms with Gasteiger partial charge < -0.3 is 15.7 Å². The zero-order valence-electron chi connectivity index (χ0n) is 12.2. The summed E-state index contributed by atoms with van der Waals surface area (Å²) in [6.07, 6.45) is -4.24. The number of aromatic nitrogens is 2. The predicted molar refractivity (Wildman–Crippen MR) is 94.7 cm³/mol. The van der Waals surface area contributed by atoms with Crippen LogP contribution in [0.5, 0.6) is 0 Å². The van der Waals surface area contributed by atoms with E-state index in [0.717, 1.165) is 9.64 Å². The third kappa shape index (κ3) is 5.35. The Bertz CT molecular complexity index is 715. The second kappa shape index (κ2) is 8.17. The Labute approximate surface area is 154 Å². The number of benzene rings is 1. The molecule has 0 aliphatic carbocycles. The van der Waals surface area contributed by atoms with Gasteiger partial charge in [0, 0.05) is 22.8 Å². The van der Waals surface area contributed by atoms with Crippen LogP contribution in [0.25, 0.3) is 0 Å². The molecular formula is C14H13ClF3IN4O. The molecule has 0 spiro atoms. The van der Waals surface area contributed by atoms with Crippen molar-refractivity contribution in [3.63, 3.8) is 0 Å². The number of nitrogens with zero attached hydrogens (tertiary/aromatic N) is 2. The summed E-state index contributed by atoms with van der Waals surface area (Å²) in [5.41, 5.74) is -0.640. The molecule has 0 amide bonds. The van der Waals surface area contributed by atoms with Gasteiger partial charge in [-0.15, -0.1) is 0 Å². The minimum Gasteiger partial charge on any atom is -0.396 e. The summed E-state index contributed by atoms with van der Waals surface area (Å²) >= 11 is 8.15. The van der Waals surface area contributed by atoms with Crippen LogP contribution in [0.2, 0.25) is 5.02 Å². The monoisotopic (exact) mass is 472 g/mol. The van der Waals surface area contributed by atoms with E-state index in [1.165, 1.54) is 0 Å². The van der Waals surface area contributed by atoms with Gasteiger partial charge in [-0.05, 0) is 47.2 Å². The third-order valence-electron chi connectivity index (χ3n) is 2.83. The first-order valence-corrected chi connectivity index (χ1v) is 8.28. The molecule has 0 saturated heterocycles. The Kier molecular flexibility index (Phi) is 6.47. The topological polar surface area (TPSA) is 70.1 Å². The first kappa shape index (κ1) is 19.0. The number of aliphatic hydroxyl groups is 1. The van der Waals surface area contributed by atoms with Gasteiger partial charge in [-0.1, -0.05) is 11.6 Å². The van der Waals surface area contributed by atoms with Crippen LogP contribution >= 0.6 is 34.2 Å². The van der Waals surface area contributed by atoms with Crippen LogP contribution in [-0.4, -0.2) is 28.2 Å². The molecular weight excluding hydrogens is 460 g/mol. The van der Waals surface area contributed by atoms with E-state index in [1.54, 1.807) is 18.2 Å². The van der Waals surface area contributed by atoms with Gasteiger partial charge in [0.15, 0.2) is 5.69 Å². The number of rotatable bonds is 6. The standard InChI is InChI=1S/C14H13ClF3IN4O/c15-9-6-8(19)2-3-10(9)21-12-7-11(14(16,17)18)22-13(23-12)20-4-1-5-24/h2-3,6-7,24H,1,4-5H2,(H2,20,21,22,23). The number of aliphatic hydroxyl groups excluding tert-OH is 1. The van der Waals surface area contributed by atoms with Crippen LogP contribution in [0.15, 0.2) is 24.3 Å². The minimum atomic E-state index is -4.61. The third-order valence-corrected chi connectivity index (χ3v) is 3.81. The number of halogens is 5. The van der Waals surface area contributed by atoms with Crippen molar-refractivity contribution in [1.29, 1.82) is 0 Å². The summed E-state index contributed by atoms with van der Waals surface area (Å²) in [7, 11) is 0. The molecule has 1 aromatic carbocycles. The number of hydrogen-bond donors (Lipinski definition) is 3. The van der Waals surface area contributed by atoms with Crippen molar-refractivity contribution in [2.45, 2.75) is 12.6 Å². The lowest BCUT2D eigenvalue weighted by atomic mass is 10.3. The van der Waals surface area contributed by atoms with Gasteiger partial charge >= 0.3 is 6.18 Å². The number of nitrogens with one attached hydrogen (secondary N) is 2. The summed E-state index contributed by atoms with van der Waals surface area (Å²) < 4.78 is 39.9. The molecule has 0 bridgehead atoms. The molecule has 0 fully saturated rings. The smallest absolute Gasteiger partial charge is 0.396 e. The molecule has 2 aromatic rings. The van der Waals surface area contributed by atoms with E-state index in [-0.39, 0.29) is 24.9 Å². The van der Waals surface area contributed by atoms with Crippen molar-refractivity contribution in [2.75, 3.05) is 23.8 Å². The highest BCUT2D eigenvalue weighted by molar-refractivity contribution is 14.1. The van der Waals surface area contributed by atoms with E-state index in [0.29, 0.717) is 17.1 Å². The fourth-order valence-electron chi connectivity index (χ4n) is 1.74. The Balaban J connectivity index is 2.31. The van der Waals surface area contributed by atoms with E-state index >= 15 is 0 Å². The van der Waals surface area contributed by atoms with Gasteiger partial charge in [0.25, 0.3) is 0 Å². The number of anilines is 3. The van der Waals surface area contributed by atoms with Gasteiger partial charge in [-0.3, -0.25) is 0 Å². The van der Waals surface area contributed by atoms with Gasteiger partial charge in [0.1, 0.15) is 5.82 Å². The Hall–Kier alpha value is -1.33. The second-order valence-corrected chi connectivity index (χ2v) is 6.37. The molecule has 130 valence electrons. The summed E-state index contributed by atoms with van der Waals surface area (Å²) in [5, 5.41) is 14.5. The average Bonchev–Trinajstić information content (AvgIpc) is 2.49. The van der Waals surface area contributed by atoms with Crippen molar-refractivity contribution < 1.29 is 18.3 Å². The molecule has 0 aliphatic heterocycles. The lowest BCUT2D eigenvalue weighted by Gasteiger charge is -2.13. The SMILES string of the molecule is OCCCNc1nc(Nc2ccc(I)cc2Cl)cc(C(F)(F)F)n1. The molecule has 0 unspecified atom stereocenters. The minimum absolute atomic E-state index is 0.0352. The number of hydrogen-bond acceptors (Lipinski definition) is 5. The van der Waals surface area contributed by atoms with Crippen molar-refractivity contribution in [2.24, 2.45) is 0 Å². The average molecular weight is 473 g/mol. The van der Waals surface area contributed by atoms with Gasteiger partial charge in [-0.25, -0.2) is 4.98 Å². The fourth-order valence-corrected chi connectivity index (χ4v) is 2.65. The Morgan fingerprint density at radius 3 is 2.58 bits per heavy atom. The molecule has 0 saturated carbocycles. The van der Waals surface area contributed by atoms with E-state index in [9.17, 15) is 13.2 Å². The highest BCUT2D eigenvalue weighted by Crippen LogP contribution is 2.32. The van der Waals surface area contributed by atoms with Gasteiger partial charge in [0.2, 0.25) is 5.95 Å². The highest BCUT2D eigenvalue weighted by Gasteiger charge is 2.33. The van der Waals surface area contributed by atoms with Gasteiger partial charge in [0.05, 0.1) is 10.7 Å². The summed E-state index contributed by atoms with van der Waals surface area (Å²) in [4.78, 5) is 7.45. The van der Waals surface area contributed by atoms with Crippen LogP contribution in [0, 0.1) is 3.57 Å². The zero-order valence-corrected chi connectivity index (χ0v) is 15.1. The normalized spacial score (nSPS) is 11.4. The van der Waals surface area contributed by atoms with Crippen LogP contribution in [0.1, 0.15) is 12.1 Å². The Morgan fingerprint density at radius 2 is 1.96 bits per heavy atom. The van der Waals surface area contributed by atoms with Gasteiger partial charge in [-0.2, -0.15) is 18.2 Å². The fraction of sp³-hybridized carbons (Fsp3) is 0.286. The maximum Gasteiger partial charge on any atom is 0.433 e. The molecule has 1 aromatic heterocycles. The van der Waals surface area contributed by atoms with E-state index in [2.05, 4.69) is 43.2 Å². The van der Waals surface area contributed by atoms with Crippen molar-refractivity contribution in [3.05, 3.63) is 38.6 Å².